The van der Waals surface area contributed by atoms with Crippen molar-refractivity contribution in [3.8, 4) is 0 Å². The van der Waals surface area contributed by atoms with Gasteiger partial charge in [0.15, 0.2) is 0 Å². The van der Waals surface area contributed by atoms with Gasteiger partial charge < -0.3 is 5.32 Å². The standard InChI is InChI=1S/C18H12ClF3N2O2/c19-14-6-4-11(5-7-14)10-24-16(25)15(23-17(24)26)9-12-2-1-3-13(8-12)18(20,21)22/h1-9H,10H2,(H,23,26)/b15-9+. The smallest absolute Gasteiger partial charge is 0.303 e. The van der Waals surface area contributed by atoms with Crippen LogP contribution in [0, 0.1) is 0 Å². The Hall–Kier alpha value is -2.80. The highest BCUT2D eigenvalue weighted by atomic mass is 35.5. The van der Waals surface area contributed by atoms with Crippen LogP contribution >= 0.6 is 11.6 Å². The van der Waals surface area contributed by atoms with E-state index in [9.17, 15) is 22.8 Å². The molecule has 8 heteroatoms. The fraction of sp³-hybridized carbons (Fsp3) is 0.111. The monoisotopic (exact) mass is 380 g/mol. The molecule has 3 rings (SSSR count). The van der Waals surface area contributed by atoms with Crippen molar-refractivity contribution in [2.24, 2.45) is 0 Å². The predicted octanol–water partition coefficient (Wildman–Crippen LogP) is 4.45. The minimum absolute atomic E-state index is 0.0295. The average molecular weight is 381 g/mol. The molecule has 0 spiro atoms. The van der Waals surface area contributed by atoms with Crippen molar-refractivity contribution >= 4 is 29.6 Å². The van der Waals surface area contributed by atoms with Gasteiger partial charge in [0, 0.05) is 5.02 Å². The van der Waals surface area contributed by atoms with Crippen molar-refractivity contribution in [2.75, 3.05) is 0 Å². The van der Waals surface area contributed by atoms with Crippen LogP contribution in [0.4, 0.5) is 18.0 Å². The molecule has 2 aromatic rings. The Morgan fingerprint density at radius 2 is 1.77 bits per heavy atom. The van der Waals surface area contributed by atoms with Crippen LogP contribution in [0.2, 0.25) is 5.02 Å². The Labute approximate surface area is 151 Å². The summed E-state index contributed by atoms with van der Waals surface area (Å²) in [5.41, 5.74) is -0.0556. The van der Waals surface area contributed by atoms with Crippen molar-refractivity contribution in [3.05, 3.63) is 75.9 Å². The quantitative estimate of drug-likeness (QED) is 0.631. The second kappa shape index (κ2) is 6.84. The molecule has 1 saturated heterocycles. The van der Waals surface area contributed by atoms with E-state index in [0.29, 0.717) is 10.6 Å². The number of halogens is 4. The third kappa shape index (κ3) is 3.88. The van der Waals surface area contributed by atoms with Crippen LogP contribution in [0.3, 0.4) is 0 Å². The molecule has 2 aromatic carbocycles. The minimum atomic E-state index is -4.49. The second-order valence-corrected chi connectivity index (χ2v) is 6.07. The van der Waals surface area contributed by atoms with Gasteiger partial charge in [-0.05, 0) is 41.5 Å². The Morgan fingerprint density at radius 1 is 1.08 bits per heavy atom. The molecule has 1 fully saturated rings. The Morgan fingerprint density at radius 3 is 2.42 bits per heavy atom. The molecular formula is C18H12ClF3N2O2. The number of urea groups is 1. The number of imide groups is 1. The summed E-state index contributed by atoms with van der Waals surface area (Å²) in [4.78, 5) is 25.4. The molecule has 26 heavy (non-hydrogen) atoms. The highest BCUT2D eigenvalue weighted by Gasteiger charge is 2.34. The van der Waals surface area contributed by atoms with Gasteiger partial charge in [0.25, 0.3) is 5.91 Å². The van der Waals surface area contributed by atoms with Crippen molar-refractivity contribution in [3.63, 3.8) is 0 Å². The van der Waals surface area contributed by atoms with Gasteiger partial charge in [0.1, 0.15) is 5.70 Å². The largest absolute Gasteiger partial charge is 0.416 e. The van der Waals surface area contributed by atoms with Crippen LogP contribution in [0.5, 0.6) is 0 Å². The second-order valence-electron chi connectivity index (χ2n) is 5.63. The molecule has 134 valence electrons. The summed E-state index contributed by atoms with van der Waals surface area (Å²) < 4.78 is 38.3. The lowest BCUT2D eigenvalue weighted by molar-refractivity contribution is -0.137. The topological polar surface area (TPSA) is 49.4 Å². The maximum absolute atomic E-state index is 12.8. The molecular weight excluding hydrogens is 369 g/mol. The number of rotatable bonds is 3. The Bertz CT molecular complexity index is 892. The molecule has 1 aliphatic heterocycles. The molecule has 1 N–H and O–H groups in total. The van der Waals surface area contributed by atoms with Crippen LogP contribution in [-0.4, -0.2) is 16.8 Å². The number of nitrogens with zero attached hydrogens (tertiary/aromatic N) is 1. The number of hydrogen-bond donors (Lipinski definition) is 1. The number of alkyl halides is 3. The number of benzene rings is 2. The van der Waals surface area contributed by atoms with Gasteiger partial charge in [0.2, 0.25) is 0 Å². The zero-order valence-corrected chi connectivity index (χ0v) is 13.9. The molecule has 0 aliphatic carbocycles. The molecule has 1 aliphatic rings. The maximum atomic E-state index is 12.8. The van der Waals surface area contributed by atoms with Gasteiger partial charge >= 0.3 is 12.2 Å². The van der Waals surface area contributed by atoms with Crippen LogP contribution < -0.4 is 5.32 Å². The molecule has 0 radical (unpaired) electrons. The van der Waals surface area contributed by atoms with E-state index in [1.54, 1.807) is 24.3 Å². The van der Waals surface area contributed by atoms with Gasteiger partial charge in [-0.1, -0.05) is 35.9 Å². The van der Waals surface area contributed by atoms with Crippen molar-refractivity contribution in [2.45, 2.75) is 12.7 Å². The first-order valence-corrected chi connectivity index (χ1v) is 7.88. The molecule has 0 saturated carbocycles. The SMILES string of the molecule is O=C1N/C(=C/c2cccc(C(F)(F)F)c2)C(=O)N1Cc1ccc(Cl)cc1. The summed E-state index contributed by atoms with van der Waals surface area (Å²) in [7, 11) is 0. The first kappa shape index (κ1) is 18.0. The third-order valence-electron chi connectivity index (χ3n) is 3.74. The van der Waals surface area contributed by atoms with Gasteiger partial charge in [-0.25, -0.2) is 4.79 Å². The maximum Gasteiger partial charge on any atom is 0.416 e. The molecule has 0 atom stereocenters. The van der Waals surface area contributed by atoms with E-state index < -0.39 is 23.7 Å². The van der Waals surface area contributed by atoms with Crippen LogP contribution in [-0.2, 0) is 17.5 Å². The number of carbonyl (C=O) groups excluding carboxylic acids is 2. The normalized spacial score (nSPS) is 16.3. The number of carbonyl (C=O) groups is 2. The first-order valence-electron chi connectivity index (χ1n) is 7.50. The van der Waals surface area contributed by atoms with Gasteiger partial charge in [-0.2, -0.15) is 13.2 Å². The third-order valence-corrected chi connectivity index (χ3v) is 3.99. The molecule has 0 bridgehead atoms. The summed E-state index contributed by atoms with van der Waals surface area (Å²) in [6.07, 6.45) is -3.27. The summed E-state index contributed by atoms with van der Waals surface area (Å²) >= 11 is 5.79. The van der Waals surface area contributed by atoms with E-state index in [1.165, 1.54) is 18.2 Å². The lowest BCUT2D eigenvalue weighted by Crippen LogP contribution is -2.30. The zero-order valence-electron chi connectivity index (χ0n) is 13.2. The minimum Gasteiger partial charge on any atom is -0.303 e. The van der Waals surface area contributed by atoms with Gasteiger partial charge in [0.05, 0.1) is 12.1 Å². The summed E-state index contributed by atoms with van der Waals surface area (Å²) in [6, 6.07) is 10.5. The van der Waals surface area contributed by atoms with Crippen LogP contribution in [0.15, 0.2) is 54.2 Å². The van der Waals surface area contributed by atoms with Crippen LogP contribution in [0.1, 0.15) is 16.7 Å². The highest BCUT2D eigenvalue weighted by Crippen LogP contribution is 2.30. The van der Waals surface area contributed by atoms with E-state index in [2.05, 4.69) is 5.32 Å². The van der Waals surface area contributed by atoms with E-state index in [-0.39, 0.29) is 17.8 Å². The summed E-state index contributed by atoms with van der Waals surface area (Å²) in [5, 5.41) is 2.91. The molecule has 3 amide bonds. The van der Waals surface area contributed by atoms with E-state index in [1.807, 2.05) is 0 Å². The fourth-order valence-electron chi connectivity index (χ4n) is 2.46. The zero-order chi connectivity index (χ0) is 18.9. The fourth-order valence-corrected chi connectivity index (χ4v) is 2.59. The number of hydrogen-bond acceptors (Lipinski definition) is 2. The van der Waals surface area contributed by atoms with Crippen molar-refractivity contribution in [1.29, 1.82) is 0 Å². The van der Waals surface area contributed by atoms with Crippen molar-refractivity contribution in [1.82, 2.24) is 10.2 Å². The molecule has 1 heterocycles. The lowest BCUT2D eigenvalue weighted by atomic mass is 10.1. The predicted molar refractivity (Wildman–Crippen MR) is 90.0 cm³/mol. The number of nitrogens with one attached hydrogen (secondary N) is 1. The lowest BCUT2D eigenvalue weighted by Gasteiger charge is -2.11. The van der Waals surface area contributed by atoms with Crippen LogP contribution in [0.25, 0.3) is 6.08 Å². The first-order chi connectivity index (χ1) is 12.2. The van der Waals surface area contributed by atoms with E-state index >= 15 is 0 Å². The molecule has 0 unspecified atom stereocenters. The van der Waals surface area contributed by atoms with Gasteiger partial charge in [-0.15, -0.1) is 0 Å². The number of amides is 3. The molecule has 4 nitrogen and oxygen atoms in total. The van der Waals surface area contributed by atoms with Crippen molar-refractivity contribution < 1.29 is 22.8 Å². The van der Waals surface area contributed by atoms with E-state index in [4.69, 9.17) is 11.6 Å². The molecule has 0 aromatic heterocycles. The Balaban J connectivity index is 1.82. The summed E-state index contributed by atoms with van der Waals surface area (Å²) in [5.74, 6) is -0.609. The highest BCUT2D eigenvalue weighted by molar-refractivity contribution is 6.30. The average Bonchev–Trinajstić information content (AvgIpc) is 2.84. The van der Waals surface area contributed by atoms with Gasteiger partial charge in [-0.3, -0.25) is 9.69 Å². The summed E-state index contributed by atoms with van der Waals surface area (Å²) in [6.45, 7) is 0.0295. The Kier molecular flexibility index (Phi) is 4.73. The van der Waals surface area contributed by atoms with E-state index in [0.717, 1.165) is 17.0 Å².